The number of halogens is 2. The van der Waals surface area contributed by atoms with Crippen molar-refractivity contribution in [3.05, 3.63) is 94.6 Å². The van der Waals surface area contributed by atoms with Gasteiger partial charge in [0.1, 0.15) is 5.75 Å². The number of carbonyl (C=O) groups is 1. The van der Waals surface area contributed by atoms with Crippen molar-refractivity contribution < 1.29 is 9.53 Å². The van der Waals surface area contributed by atoms with Crippen molar-refractivity contribution >= 4 is 46.6 Å². The minimum atomic E-state index is -0.246. The van der Waals surface area contributed by atoms with Crippen LogP contribution in [0, 0.1) is 0 Å². The Kier molecular flexibility index (Phi) is 7.23. The van der Waals surface area contributed by atoms with Crippen LogP contribution in [0.15, 0.2) is 83.9 Å². The number of rotatable bonds is 6. The molecule has 0 atom stereocenters. The molecular weight excluding hydrogens is 475 g/mol. The molecule has 0 aliphatic carbocycles. The lowest BCUT2D eigenvalue weighted by molar-refractivity contribution is 0.102. The number of nitrogens with zero attached hydrogens (tertiary/aromatic N) is 1. The van der Waals surface area contributed by atoms with Crippen LogP contribution in [0.25, 0.3) is 22.4 Å². The number of nitrogens with one attached hydrogen (secondary N) is 1. The van der Waals surface area contributed by atoms with Gasteiger partial charge in [-0.25, -0.2) is 0 Å². The molecule has 4 aromatic rings. The number of anilines is 1. The summed E-state index contributed by atoms with van der Waals surface area (Å²) in [7, 11) is 1.58. The van der Waals surface area contributed by atoms with Crippen molar-refractivity contribution in [2.24, 2.45) is 0 Å². The highest BCUT2D eigenvalue weighted by Crippen LogP contribution is 2.37. The van der Waals surface area contributed by atoms with Crippen LogP contribution in [0.2, 0.25) is 10.0 Å². The average molecular weight is 495 g/mol. The molecule has 0 spiro atoms. The Bertz CT molecular complexity index is 1310. The fourth-order valence-corrected chi connectivity index (χ4v) is 4.29. The summed E-state index contributed by atoms with van der Waals surface area (Å²) in [6, 6.07) is 22.1. The van der Waals surface area contributed by atoms with E-state index in [0.29, 0.717) is 27.0 Å². The van der Waals surface area contributed by atoms with Gasteiger partial charge >= 0.3 is 0 Å². The van der Waals surface area contributed by atoms with Crippen molar-refractivity contribution in [1.82, 2.24) is 4.98 Å². The molecule has 1 amide bonds. The summed E-state index contributed by atoms with van der Waals surface area (Å²) >= 11 is 14.1. The minimum absolute atomic E-state index is 0.246. The highest BCUT2D eigenvalue weighted by molar-refractivity contribution is 7.98. The Morgan fingerprint density at radius 3 is 2.52 bits per heavy atom. The Hall–Kier alpha value is -2.99. The number of ether oxygens (including phenoxy) is 1. The number of thioether (sulfide) groups is 1. The summed E-state index contributed by atoms with van der Waals surface area (Å²) in [5, 5.41) is 4.11. The number of methoxy groups -OCH3 is 1. The third kappa shape index (κ3) is 5.17. The van der Waals surface area contributed by atoms with Crippen LogP contribution < -0.4 is 10.1 Å². The van der Waals surface area contributed by atoms with Gasteiger partial charge in [-0.1, -0.05) is 29.3 Å². The molecule has 33 heavy (non-hydrogen) atoms. The van der Waals surface area contributed by atoms with E-state index in [0.717, 1.165) is 27.3 Å². The van der Waals surface area contributed by atoms with Crippen molar-refractivity contribution in [2.75, 3.05) is 18.7 Å². The van der Waals surface area contributed by atoms with Crippen LogP contribution in [-0.2, 0) is 0 Å². The molecule has 1 aromatic heterocycles. The van der Waals surface area contributed by atoms with Gasteiger partial charge in [0.05, 0.1) is 17.8 Å². The summed E-state index contributed by atoms with van der Waals surface area (Å²) in [6.07, 6.45) is 3.70. The maximum Gasteiger partial charge on any atom is 0.256 e. The third-order valence-electron chi connectivity index (χ3n) is 5.09. The fourth-order valence-electron chi connectivity index (χ4n) is 3.48. The first-order valence-electron chi connectivity index (χ1n) is 10.0. The molecule has 3 aromatic carbocycles. The largest absolute Gasteiger partial charge is 0.496 e. The summed E-state index contributed by atoms with van der Waals surface area (Å²) in [6.45, 7) is 0. The predicted molar refractivity (Wildman–Crippen MR) is 138 cm³/mol. The van der Waals surface area contributed by atoms with Crippen LogP contribution in [0.5, 0.6) is 5.75 Å². The number of hydrogen-bond donors (Lipinski definition) is 1. The van der Waals surface area contributed by atoms with E-state index in [9.17, 15) is 4.79 Å². The maximum absolute atomic E-state index is 13.4. The van der Waals surface area contributed by atoms with Crippen molar-refractivity contribution in [1.29, 1.82) is 0 Å². The van der Waals surface area contributed by atoms with Crippen LogP contribution in [-0.4, -0.2) is 24.3 Å². The molecule has 0 radical (unpaired) electrons. The molecule has 1 N–H and O–H groups in total. The number of carbonyl (C=O) groups excluding carboxylic acids is 1. The van der Waals surface area contributed by atoms with Gasteiger partial charge in [0.15, 0.2) is 0 Å². The molecule has 0 saturated heterocycles. The van der Waals surface area contributed by atoms with Gasteiger partial charge in [0.2, 0.25) is 0 Å². The van der Waals surface area contributed by atoms with Gasteiger partial charge in [0.25, 0.3) is 5.91 Å². The topological polar surface area (TPSA) is 51.2 Å². The van der Waals surface area contributed by atoms with Crippen LogP contribution in [0.4, 0.5) is 5.69 Å². The van der Waals surface area contributed by atoms with Crippen LogP contribution >= 0.6 is 35.0 Å². The highest BCUT2D eigenvalue weighted by Gasteiger charge is 2.18. The monoisotopic (exact) mass is 494 g/mol. The van der Waals surface area contributed by atoms with Gasteiger partial charge in [-0.05, 0) is 78.5 Å². The van der Waals surface area contributed by atoms with E-state index < -0.39 is 0 Å². The van der Waals surface area contributed by atoms with E-state index in [1.807, 2.05) is 54.8 Å². The zero-order chi connectivity index (χ0) is 23.4. The lowest BCUT2D eigenvalue weighted by atomic mass is 9.98. The Labute approximate surface area is 206 Å². The minimum Gasteiger partial charge on any atom is -0.496 e. The summed E-state index contributed by atoms with van der Waals surface area (Å²) in [5.41, 5.74) is 4.15. The van der Waals surface area contributed by atoms with E-state index in [-0.39, 0.29) is 5.91 Å². The van der Waals surface area contributed by atoms with Gasteiger partial charge in [0, 0.05) is 38.5 Å². The summed E-state index contributed by atoms with van der Waals surface area (Å²) < 4.78 is 5.54. The van der Waals surface area contributed by atoms with Crippen molar-refractivity contribution in [3.8, 4) is 28.1 Å². The van der Waals surface area contributed by atoms with E-state index in [4.69, 9.17) is 27.9 Å². The Morgan fingerprint density at radius 1 is 0.939 bits per heavy atom. The average Bonchev–Trinajstić information content (AvgIpc) is 2.85. The number of pyridine rings is 1. The van der Waals surface area contributed by atoms with Crippen molar-refractivity contribution in [3.63, 3.8) is 0 Å². The zero-order valence-electron chi connectivity index (χ0n) is 17.9. The summed E-state index contributed by atoms with van der Waals surface area (Å²) in [4.78, 5) is 18.8. The van der Waals surface area contributed by atoms with Gasteiger partial charge in [-0.3, -0.25) is 9.78 Å². The predicted octanol–water partition coefficient (Wildman–Crippen LogP) is 7.71. The molecule has 0 aliphatic rings. The maximum atomic E-state index is 13.4. The van der Waals surface area contributed by atoms with Gasteiger partial charge in [-0.2, -0.15) is 0 Å². The second-order valence-corrected chi connectivity index (χ2v) is 8.84. The molecule has 1 heterocycles. The lowest BCUT2D eigenvalue weighted by Gasteiger charge is -2.15. The number of hydrogen-bond acceptors (Lipinski definition) is 4. The van der Waals surface area contributed by atoms with Crippen LogP contribution in [0.3, 0.4) is 0 Å². The molecule has 4 rings (SSSR count). The molecule has 4 nitrogen and oxygen atoms in total. The van der Waals surface area contributed by atoms with E-state index in [1.54, 1.807) is 49.3 Å². The molecular formula is C26H20Cl2N2O2S. The van der Waals surface area contributed by atoms with E-state index >= 15 is 0 Å². The smallest absolute Gasteiger partial charge is 0.256 e. The lowest BCUT2D eigenvalue weighted by Crippen LogP contribution is -2.13. The SMILES string of the molecule is COc1cc(Cl)ccc1-c1cc(SC)ccc1C(=O)Nc1ccc(Cl)c(-c2ccccn2)c1. The molecule has 7 heteroatoms. The quantitative estimate of drug-likeness (QED) is 0.279. The molecule has 166 valence electrons. The Morgan fingerprint density at radius 2 is 1.79 bits per heavy atom. The van der Waals surface area contributed by atoms with E-state index in [2.05, 4.69) is 10.3 Å². The van der Waals surface area contributed by atoms with Gasteiger partial charge < -0.3 is 10.1 Å². The number of amides is 1. The van der Waals surface area contributed by atoms with Crippen LogP contribution in [0.1, 0.15) is 10.4 Å². The molecule has 0 unspecified atom stereocenters. The Balaban J connectivity index is 1.73. The molecule has 0 aliphatic heterocycles. The first kappa shape index (κ1) is 23.2. The molecule has 0 fully saturated rings. The van der Waals surface area contributed by atoms with Crippen molar-refractivity contribution in [2.45, 2.75) is 4.90 Å². The second kappa shape index (κ2) is 10.3. The molecule has 0 saturated carbocycles. The standard InChI is InChI=1S/C26H20Cl2N2O2S/c1-32-25-13-16(27)6-9-19(25)21-15-18(33-2)8-10-20(21)26(31)30-17-7-11-23(28)22(14-17)24-5-3-4-12-29-24/h3-15H,1-2H3,(H,30,31). The third-order valence-corrected chi connectivity index (χ3v) is 6.38. The van der Waals surface area contributed by atoms with Gasteiger partial charge in [-0.15, -0.1) is 11.8 Å². The number of aromatic nitrogens is 1. The normalized spacial score (nSPS) is 10.7. The first-order valence-corrected chi connectivity index (χ1v) is 12.0. The first-order chi connectivity index (χ1) is 16.0. The fraction of sp³-hybridized carbons (Fsp3) is 0.0769. The number of benzene rings is 3. The molecule has 0 bridgehead atoms. The zero-order valence-corrected chi connectivity index (χ0v) is 20.3. The van der Waals surface area contributed by atoms with E-state index in [1.165, 1.54) is 0 Å². The highest BCUT2D eigenvalue weighted by atomic mass is 35.5. The summed E-state index contributed by atoms with van der Waals surface area (Å²) in [5.74, 6) is 0.350. The second-order valence-electron chi connectivity index (χ2n) is 7.12.